The number of hydrogen-bond acceptors (Lipinski definition) is 4. The van der Waals surface area contributed by atoms with Gasteiger partial charge in [0.25, 0.3) is 11.6 Å². The van der Waals surface area contributed by atoms with Crippen LogP contribution in [0.5, 0.6) is 0 Å². The second kappa shape index (κ2) is 5.35. The Morgan fingerprint density at radius 2 is 1.81 bits per heavy atom. The van der Waals surface area contributed by atoms with E-state index in [1.807, 2.05) is 65.0 Å². The van der Waals surface area contributed by atoms with Crippen molar-refractivity contribution in [3.05, 3.63) is 82.0 Å². The van der Waals surface area contributed by atoms with E-state index < -0.39 is 10.6 Å². The predicted octanol–water partition coefficient (Wildman–Crippen LogP) is 4.82. The standard InChI is InChI=1S/C19H14Cl2N2O2S/c1-18(21)17(24)23-19(18,13-5-3-2-4-6-13)25-15-11-26-16(22(15)23)12-7-9-14(20)10-8-12/h2-11,16H,1H3/t16-,18+,19+/m0/s1. The van der Waals surface area contributed by atoms with Gasteiger partial charge in [-0.1, -0.05) is 65.8 Å². The van der Waals surface area contributed by atoms with Crippen molar-refractivity contribution in [2.75, 3.05) is 0 Å². The van der Waals surface area contributed by atoms with Crippen molar-refractivity contribution < 1.29 is 9.53 Å². The molecule has 0 aliphatic carbocycles. The SMILES string of the molecule is C[C@@]1(Cl)C(=O)N2N3C(=CS[C@H]3c3ccc(Cl)cc3)O[C@@]21c1ccccc1. The zero-order valence-corrected chi connectivity index (χ0v) is 16.1. The largest absolute Gasteiger partial charge is 0.442 e. The van der Waals surface area contributed by atoms with Crippen LogP contribution in [0.1, 0.15) is 23.4 Å². The van der Waals surface area contributed by atoms with Gasteiger partial charge in [-0.2, -0.15) is 5.01 Å². The molecule has 2 aromatic carbocycles. The van der Waals surface area contributed by atoms with Crippen LogP contribution in [0.3, 0.4) is 0 Å². The highest BCUT2D eigenvalue weighted by molar-refractivity contribution is 8.02. The molecule has 5 rings (SSSR count). The van der Waals surface area contributed by atoms with Gasteiger partial charge in [-0.3, -0.25) is 4.79 Å². The summed E-state index contributed by atoms with van der Waals surface area (Å²) in [4.78, 5) is 11.8. The molecule has 3 aliphatic rings. The monoisotopic (exact) mass is 404 g/mol. The molecule has 0 spiro atoms. The molecule has 0 saturated carbocycles. The molecule has 132 valence electrons. The Morgan fingerprint density at radius 3 is 2.50 bits per heavy atom. The van der Waals surface area contributed by atoms with E-state index in [0.717, 1.165) is 11.1 Å². The van der Waals surface area contributed by atoms with Gasteiger partial charge in [-0.15, -0.1) is 11.6 Å². The van der Waals surface area contributed by atoms with E-state index in [4.69, 9.17) is 27.9 Å². The first kappa shape index (κ1) is 16.4. The molecule has 0 unspecified atom stereocenters. The van der Waals surface area contributed by atoms with Crippen molar-refractivity contribution in [2.24, 2.45) is 0 Å². The average molecular weight is 405 g/mol. The van der Waals surface area contributed by atoms with Crippen LogP contribution in [0, 0.1) is 0 Å². The summed E-state index contributed by atoms with van der Waals surface area (Å²) >= 11 is 14.3. The van der Waals surface area contributed by atoms with Crippen molar-refractivity contribution in [2.45, 2.75) is 22.9 Å². The molecule has 0 bridgehead atoms. The molecule has 0 radical (unpaired) electrons. The normalized spacial score (nSPS) is 31.9. The summed E-state index contributed by atoms with van der Waals surface area (Å²) in [6.45, 7) is 1.72. The summed E-state index contributed by atoms with van der Waals surface area (Å²) in [6, 6.07) is 17.3. The molecule has 3 aliphatic heterocycles. The lowest BCUT2D eigenvalue weighted by atomic mass is 9.80. The van der Waals surface area contributed by atoms with E-state index in [1.165, 1.54) is 0 Å². The number of carbonyl (C=O) groups is 1. The number of alkyl halides is 1. The summed E-state index contributed by atoms with van der Waals surface area (Å²) in [6.07, 6.45) is 0. The molecule has 26 heavy (non-hydrogen) atoms. The van der Waals surface area contributed by atoms with E-state index in [1.54, 1.807) is 23.7 Å². The van der Waals surface area contributed by atoms with E-state index in [0.29, 0.717) is 10.9 Å². The van der Waals surface area contributed by atoms with E-state index in [9.17, 15) is 4.79 Å². The van der Waals surface area contributed by atoms with Crippen LogP contribution in [-0.4, -0.2) is 20.8 Å². The zero-order valence-electron chi connectivity index (χ0n) is 13.7. The highest BCUT2D eigenvalue weighted by Crippen LogP contribution is 2.64. The summed E-state index contributed by atoms with van der Waals surface area (Å²) in [5.41, 5.74) is 0.853. The number of ether oxygens (including phenoxy) is 1. The summed E-state index contributed by atoms with van der Waals surface area (Å²) in [5, 5.41) is 6.05. The second-order valence-electron chi connectivity index (χ2n) is 6.57. The lowest BCUT2D eigenvalue weighted by Crippen LogP contribution is -2.76. The van der Waals surface area contributed by atoms with Gasteiger partial charge in [0.15, 0.2) is 4.87 Å². The zero-order chi connectivity index (χ0) is 18.1. The first-order chi connectivity index (χ1) is 12.5. The maximum Gasteiger partial charge on any atom is 0.272 e. The molecular formula is C19H14Cl2N2O2S. The van der Waals surface area contributed by atoms with Crippen LogP contribution >= 0.6 is 35.0 Å². The van der Waals surface area contributed by atoms with Gasteiger partial charge in [-0.05, 0) is 24.6 Å². The number of amides is 1. The number of hydrazine groups is 1. The maximum absolute atomic E-state index is 12.9. The molecule has 4 nitrogen and oxygen atoms in total. The Kier molecular flexibility index (Phi) is 3.36. The number of benzene rings is 2. The highest BCUT2D eigenvalue weighted by Gasteiger charge is 2.78. The first-order valence-corrected chi connectivity index (χ1v) is 9.85. The minimum absolute atomic E-state index is 0.107. The third kappa shape index (κ3) is 1.86. The Labute approximate surface area is 165 Å². The number of thioether (sulfide) groups is 1. The van der Waals surface area contributed by atoms with Gasteiger partial charge in [0.1, 0.15) is 5.37 Å². The van der Waals surface area contributed by atoms with Crippen molar-refractivity contribution in [3.63, 3.8) is 0 Å². The van der Waals surface area contributed by atoms with Crippen LogP contribution in [0.4, 0.5) is 0 Å². The van der Waals surface area contributed by atoms with Crippen molar-refractivity contribution in [1.82, 2.24) is 10.0 Å². The van der Waals surface area contributed by atoms with Crippen LogP contribution in [0.25, 0.3) is 0 Å². The summed E-state index contributed by atoms with van der Waals surface area (Å²) in [7, 11) is 0. The smallest absolute Gasteiger partial charge is 0.272 e. The number of rotatable bonds is 2. The minimum Gasteiger partial charge on any atom is -0.442 e. The molecule has 3 atom stereocenters. The van der Waals surface area contributed by atoms with Crippen molar-refractivity contribution >= 4 is 40.9 Å². The highest BCUT2D eigenvalue weighted by atomic mass is 35.5. The lowest BCUT2D eigenvalue weighted by Gasteiger charge is -2.56. The molecule has 2 saturated heterocycles. The summed E-state index contributed by atoms with van der Waals surface area (Å²) in [5.74, 6) is 0.462. The average Bonchev–Trinajstić information content (AvgIpc) is 3.19. The number of fused-ring (bicyclic) bond motifs is 3. The Bertz CT molecular complexity index is 932. The topological polar surface area (TPSA) is 32.8 Å². The molecule has 7 heteroatoms. The number of β-lactam (4-membered cyclic amide) rings is 1. The molecule has 1 amide bonds. The number of halogens is 2. The van der Waals surface area contributed by atoms with Gasteiger partial charge in [-0.25, -0.2) is 5.01 Å². The molecule has 0 N–H and O–H groups in total. The van der Waals surface area contributed by atoms with Crippen molar-refractivity contribution in [3.8, 4) is 0 Å². The van der Waals surface area contributed by atoms with E-state index in [-0.39, 0.29) is 11.3 Å². The van der Waals surface area contributed by atoms with Crippen LogP contribution in [-0.2, 0) is 15.3 Å². The van der Waals surface area contributed by atoms with Crippen LogP contribution in [0.15, 0.2) is 65.9 Å². The molecule has 2 aromatic rings. The lowest BCUT2D eigenvalue weighted by molar-refractivity contribution is -0.224. The Morgan fingerprint density at radius 1 is 1.12 bits per heavy atom. The fourth-order valence-electron chi connectivity index (χ4n) is 3.76. The number of carbonyl (C=O) groups excluding carboxylic acids is 1. The third-order valence-electron chi connectivity index (χ3n) is 5.06. The molecule has 3 heterocycles. The first-order valence-electron chi connectivity index (χ1n) is 8.15. The van der Waals surface area contributed by atoms with Crippen molar-refractivity contribution in [1.29, 1.82) is 0 Å². The van der Waals surface area contributed by atoms with Gasteiger partial charge in [0.2, 0.25) is 5.88 Å². The quantitative estimate of drug-likeness (QED) is 0.530. The number of nitrogens with zero attached hydrogens (tertiary/aromatic N) is 2. The minimum atomic E-state index is -1.17. The molecule has 0 aromatic heterocycles. The van der Waals surface area contributed by atoms with Gasteiger partial charge in [0, 0.05) is 16.0 Å². The molecule has 2 fully saturated rings. The van der Waals surface area contributed by atoms with Crippen LogP contribution in [0.2, 0.25) is 5.02 Å². The number of hydrogen-bond donors (Lipinski definition) is 0. The van der Waals surface area contributed by atoms with Gasteiger partial charge >= 0.3 is 0 Å². The van der Waals surface area contributed by atoms with E-state index in [2.05, 4.69) is 0 Å². The fourth-order valence-corrected chi connectivity index (χ4v) is 5.22. The predicted molar refractivity (Wildman–Crippen MR) is 102 cm³/mol. The Hall–Kier alpha value is -1.82. The Balaban J connectivity index is 1.61. The van der Waals surface area contributed by atoms with Gasteiger partial charge < -0.3 is 4.74 Å². The second-order valence-corrected chi connectivity index (χ2v) is 8.72. The third-order valence-corrected chi connectivity index (χ3v) is 6.80. The van der Waals surface area contributed by atoms with Gasteiger partial charge in [0.05, 0.1) is 0 Å². The fraction of sp³-hybridized carbons (Fsp3) is 0.211. The maximum atomic E-state index is 12.9. The van der Waals surface area contributed by atoms with Crippen LogP contribution < -0.4 is 0 Å². The summed E-state index contributed by atoms with van der Waals surface area (Å²) < 4.78 is 6.33. The van der Waals surface area contributed by atoms with E-state index >= 15 is 0 Å². The molecular weight excluding hydrogens is 391 g/mol.